The standard InChI is InChI=1S/C68H112O6/c1-4-7-10-13-16-19-22-24-26-28-29-30-31-32-33-34-35-36-37-38-39-41-42-44-46-49-52-55-58-61-67(70)73-64-65(63-72-66(69)60-57-54-51-48-21-18-15-12-9-6-3)74-68(71)62-59-56-53-50-47-45-43-40-27-25-23-20-17-14-11-8-5-2/h7,10,12,15-16,19,24,26,29-30,32-33,35-36,38-39,42,44,49,52,65H,4-6,8-9,11,13-14,17-18,20-23,25,27-28,31,34,37,40-41,43,45-48,50-51,53-64H2,1-3H3/b10-7-,15-12-,19-16-,26-24-,30-29-,33-32-,36-35-,39-38-,44-42-,52-49-. The summed E-state index contributed by atoms with van der Waals surface area (Å²) in [5.74, 6) is -0.970. The molecule has 1 unspecified atom stereocenters. The highest BCUT2D eigenvalue weighted by atomic mass is 16.6. The fourth-order valence-corrected chi connectivity index (χ4v) is 8.15. The zero-order valence-corrected chi connectivity index (χ0v) is 48.1. The first-order valence-electron chi connectivity index (χ1n) is 30.5. The van der Waals surface area contributed by atoms with Gasteiger partial charge in [0.05, 0.1) is 0 Å². The van der Waals surface area contributed by atoms with Crippen molar-refractivity contribution < 1.29 is 28.6 Å². The van der Waals surface area contributed by atoms with Crippen molar-refractivity contribution in [2.75, 3.05) is 13.2 Å². The van der Waals surface area contributed by atoms with Crippen LogP contribution in [0.5, 0.6) is 0 Å². The van der Waals surface area contributed by atoms with E-state index in [2.05, 4.69) is 142 Å². The van der Waals surface area contributed by atoms with E-state index in [1.165, 1.54) is 103 Å². The molecule has 0 radical (unpaired) electrons. The van der Waals surface area contributed by atoms with E-state index in [0.29, 0.717) is 19.3 Å². The lowest BCUT2D eigenvalue weighted by atomic mass is 10.0. The van der Waals surface area contributed by atoms with Crippen LogP contribution in [0.4, 0.5) is 0 Å². The van der Waals surface area contributed by atoms with E-state index in [1.54, 1.807) is 0 Å². The van der Waals surface area contributed by atoms with Crippen LogP contribution in [0.3, 0.4) is 0 Å². The van der Waals surface area contributed by atoms with E-state index in [4.69, 9.17) is 14.2 Å². The molecule has 74 heavy (non-hydrogen) atoms. The summed E-state index contributed by atoms with van der Waals surface area (Å²) in [6.07, 6.45) is 85.0. The van der Waals surface area contributed by atoms with Gasteiger partial charge in [-0.25, -0.2) is 0 Å². The molecule has 0 saturated heterocycles. The Morgan fingerprint density at radius 2 is 0.568 bits per heavy atom. The summed E-state index contributed by atoms with van der Waals surface area (Å²) >= 11 is 0. The second-order valence-electron chi connectivity index (χ2n) is 19.9. The minimum atomic E-state index is -0.805. The zero-order chi connectivity index (χ0) is 53.6. The van der Waals surface area contributed by atoms with E-state index >= 15 is 0 Å². The molecule has 0 N–H and O–H groups in total. The summed E-state index contributed by atoms with van der Waals surface area (Å²) in [5, 5.41) is 0. The van der Waals surface area contributed by atoms with Crippen molar-refractivity contribution in [1.29, 1.82) is 0 Å². The average molecular weight is 1030 g/mol. The van der Waals surface area contributed by atoms with Gasteiger partial charge in [0.15, 0.2) is 6.10 Å². The summed E-state index contributed by atoms with van der Waals surface area (Å²) in [7, 11) is 0. The Morgan fingerprint density at radius 3 is 0.946 bits per heavy atom. The van der Waals surface area contributed by atoms with Gasteiger partial charge in [-0.2, -0.15) is 0 Å². The van der Waals surface area contributed by atoms with Gasteiger partial charge in [0.1, 0.15) is 13.2 Å². The molecule has 6 heteroatoms. The lowest BCUT2D eigenvalue weighted by Gasteiger charge is -2.18. The maximum Gasteiger partial charge on any atom is 0.306 e. The van der Waals surface area contributed by atoms with Gasteiger partial charge in [0, 0.05) is 19.3 Å². The molecule has 0 heterocycles. The van der Waals surface area contributed by atoms with Gasteiger partial charge in [-0.05, 0) is 103 Å². The van der Waals surface area contributed by atoms with Gasteiger partial charge >= 0.3 is 17.9 Å². The molecular weight excluding hydrogens is 913 g/mol. The largest absolute Gasteiger partial charge is 0.462 e. The van der Waals surface area contributed by atoms with Crippen molar-refractivity contribution in [3.8, 4) is 0 Å². The smallest absolute Gasteiger partial charge is 0.306 e. The van der Waals surface area contributed by atoms with Crippen LogP contribution in [0.15, 0.2) is 122 Å². The van der Waals surface area contributed by atoms with Gasteiger partial charge in [0.2, 0.25) is 0 Å². The number of hydrogen-bond acceptors (Lipinski definition) is 6. The van der Waals surface area contributed by atoms with Crippen LogP contribution in [0.2, 0.25) is 0 Å². The second-order valence-corrected chi connectivity index (χ2v) is 19.9. The van der Waals surface area contributed by atoms with Crippen molar-refractivity contribution in [1.82, 2.24) is 0 Å². The van der Waals surface area contributed by atoms with E-state index in [9.17, 15) is 14.4 Å². The number of carbonyl (C=O) groups excluding carboxylic acids is 3. The Balaban J connectivity index is 4.37. The van der Waals surface area contributed by atoms with Crippen molar-refractivity contribution in [3.05, 3.63) is 122 Å². The quantitative estimate of drug-likeness (QED) is 0.0261. The molecule has 0 bridgehead atoms. The zero-order valence-electron chi connectivity index (χ0n) is 48.1. The van der Waals surface area contributed by atoms with Gasteiger partial charge in [0.25, 0.3) is 0 Å². The van der Waals surface area contributed by atoms with Crippen molar-refractivity contribution in [2.24, 2.45) is 0 Å². The molecule has 0 fully saturated rings. The third-order valence-electron chi connectivity index (χ3n) is 12.7. The average Bonchev–Trinajstić information content (AvgIpc) is 3.40. The highest BCUT2D eigenvalue weighted by Crippen LogP contribution is 2.16. The highest BCUT2D eigenvalue weighted by Gasteiger charge is 2.19. The lowest BCUT2D eigenvalue weighted by Crippen LogP contribution is -2.30. The van der Waals surface area contributed by atoms with Crippen LogP contribution >= 0.6 is 0 Å². The normalized spacial score (nSPS) is 13.0. The molecule has 6 nitrogen and oxygen atoms in total. The molecular formula is C68H112O6. The summed E-state index contributed by atoms with van der Waals surface area (Å²) < 4.78 is 16.8. The Kier molecular flexibility index (Phi) is 57.9. The van der Waals surface area contributed by atoms with Crippen LogP contribution in [0.25, 0.3) is 0 Å². The van der Waals surface area contributed by atoms with Gasteiger partial charge in [-0.3, -0.25) is 14.4 Å². The van der Waals surface area contributed by atoms with Crippen LogP contribution in [-0.2, 0) is 28.6 Å². The van der Waals surface area contributed by atoms with E-state index < -0.39 is 6.10 Å². The summed E-state index contributed by atoms with van der Waals surface area (Å²) in [6.45, 7) is 6.42. The SMILES string of the molecule is CC/C=C\C/C=C\C/C=C\C/C=C\C/C=C\C/C=C\C/C=C\C/C=C\C/C=C\CCCC(=O)OCC(COC(=O)CCCCCCC/C=C\CCC)OC(=O)CCCCCCCCCCCCCCCCCCC. The van der Waals surface area contributed by atoms with Gasteiger partial charge in [-0.1, -0.05) is 271 Å². The predicted molar refractivity (Wildman–Crippen MR) is 320 cm³/mol. The van der Waals surface area contributed by atoms with E-state index in [1.807, 2.05) is 0 Å². The summed E-state index contributed by atoms with van der Waals surface area (Å²) in [5.41, 5.74) is 0. The molecule has 0 aliphatic carbocycles. The number of unbranched alkanes of at least 4 members (excludes halogenated alkanes) is 23. The summed E-state index contributed by atoms with van der Waals surface area (Å²) in [6, 6.07) is 0. The molecule has 0 aliphatic heterocycles. The Hall–Kier alpha value is -4.19. The van der Waals surface area contributed by atoms with Crippen LogP contribution in [0, 0.1) is 0 Å². The molecule has 0 rings (SSSR count). The number of rotatable bonds is 54. The Labute approximate surface area is 456 Å². The fraction of sp³-hybridized carbons (Fsp3) is 0.662. The first-order chi connectivity index (χ1) is 36.5. The monoisotopic (exact) mass is 1020 g/mol. The fourth-order valence-electron chi connectivity index (χ4n) is 8.15. The summed E-state index contributed by atoms with van der Waals surface area (Å²) in [4.78, 5) is 38.1. The molecule has 420 valence electrons. The van der Waals surface area contributed by atoms with E-state index in [0.717, 1.165) is 122 Å². The van der Waals surface area contributed by atoms with Crippen molar-refractivity contribution in [3.63, 3.8) is 0 Å². The minimum absolute atomic E-state index is 0.101. The van der Waals surface area contributed by atoms with Crippen LogP contribution in [0.1, 0.15) is 271 Å². The van der Waals surface area contributed by atoms with Crippen molar-refractivity contribution in [2.45, 2.75) is 277 Å². The maximum absolute atomic E-state index is 12.9. The van der Waals surface area contributed by atoms with Crippen LogP contribution < -0.4 is 0 Å². The predicted octanol–water partition coefficient (Wildman–Crippen LogP) is 20.8. The topological polar surface area (TPSA) is 78.9 Å². The molecule has 0 aliphatic rings. The minimum Gasteiger partial charge on any atom is -0.462 e. The number of ether oxygens (including phenoxy) is 3. The molecule has 0 aromatic heterocycles. The third kappa shape index (κ3) is 58.7. The van der Waals surface area contributed by atoms with Crippen molar-refractivity contribution >= 4 is 17.9 Å². The van der Waals surface area contributed by atoms with E-state index in [-0.39, 0.29) is 37.5 Å². The number of carbonyl (C=O) groups is 3. The maximum atomic E-state index is 12.9. The second kappa shape index (κ2) is 61.4. The molecule has 1 atom stereocenters. The third-order valence-corrected chi connectivity index (χ3v) is 12.7. The molecule has 0 aromatic rings. The lowest BCUT2D eigenvalue weighted by molar-refractivity contribution is -0.167. The van der Waals surface area contributed by atoms with Gasteiger partial charge < -0.3 is 14.2 Å². The number of hydrogen-bond donors (Lipinski definition) is 0. The molecule has 0 aromatic carbocycles. The highest BCUT2D eigenvalue weighted by molar-refractivity contribution is 5.71. The Bertz CT molecular complexity index is 1550. The van der Waals surface area contributed by atoms with Crippen LogP contribution in [-0.4, -0.2) is 37.2 Å². The molecule has 0 saturated carbocycles. The molecule has 0 amide bonds. The first kappa shape index (κ1) is 69.8. The first-order valence-corrected chi connectivity index (χ1v) is 30.5. The number of esters is 3. The molecule has 0 spiro atoms. The Morgan fingerprint density at radius 1 is 0.284 bits per heavy atom. The van der Waals surface area contributed by atoms with Gasteiger partial charge in [-0.15, -0.1) is 0 Å². The number of allylic oxidation sites excluding steroid dienone is 20.